The van der Waals surface area contributed by atoms with E-state index in [9.17, 15) is 9.59 Å². The second kappa shape index (κ2) is 8.06. The van der Waals surface area contributed by atoms with Crippen molar-refractivity contribution >= 4 is 41.3 Å². The van der Waals surface area contributed by atoms with E-state index in [1.54, 1.807) is 0 Å². The molecule has 2 rings (SSSR count). The first-order valence-electron chi connectivity index (χ1n) is 11.0. The van der Waals surface area contributed by atoms with Crippen molar-refractivity contribution in [3.05, 3.63) is 30.3 Å². The number of carbonyl (C=O) groups is 2. The molecular weight excluding hydrogens is 423 g/mol. The monoisotopic (exact) mass is 463 g/mol. The minimum absolute atomic E-state index is 0.122. The summed E-state index contributed by atoms with van der Waals surface area (Å²) >= 11 is 0. The Morgan fingerprint density at radius 1 is 1.00 bits per heavy atom. The summed E-state index contributed by atoms with van der Waals surface area (Å²) in [5.41, 5.74) is -0.771. The van der Waals surface area contributed by atoms with Gasteiger partial charge in [-0.25, -0.2) is 4.79 Å². The summed E-state index contributed by atoms with van der Waals surface area (Å²) in [5.74, 6) is -0.443. The van der Waals surface area contributed by atoms with Gasteiger partial charge in [-0.2, -0.15) is 0 Å². The maximum Gasteiger partial charge on any atom is 0.332 e. The average molecular weight is 464 g/mol. The number of rotatable bonds is 7. The summed E-state index contributed by atoms with van der Waals surface area (Å²) in [7, 11) is -4.04. The Labute approximate surface area is 186 Å². The lowest BCUT2D eigenvalue weighted by Gasteiger charge is -2.64. The van der Waals surface area contributed by atoms with E-state index in [1.165, 1.54) is 12.3 Å². The number of amides is 1. The lowest BCUT2D eigenvalue weighted by atomic mass is 9.73. The largest absolute Gasteiger partial charge is 0.467 e. The fourth-order valence-electron chi connectivity index (χ4n) is 5.85. The van der Waals surface area contributed by atoms with Crippen LogP contribution in [0.15, 0.2) is 30.3 Å². The summed E-state index contributed by atoms with van der Waals surface area (Å²) in [6.45, 7) is 22.7. The number of esters is 1. The predicted octanol–water partition coefficient (Wildman–Crippen LogP) is 4.51. The van der Waals surface area contributed by atoms with Crippen LogP contribution >= 0.6 is 0 Å². The molecule has 0 saturated carbocycles. The van der Waals surface area contributed by atoms with Crippen LogP contribution in [-0.2, 0) is 14.3 Å². The molecule has 0 N–H and O–H groups in total. The molecule has 1 aliphatic heterocycles. The van der Waals surface area contributed by atoms with Crippen LogP contribution in [0.2, 0.25) is 57.9 Å². The summed E-state index contributed by atoms with van der Waals surface area (Å²) in [6, 6.07) is 10.5. The first kappa shape index (κ1) is 25.1. The number of β-lactam (4-membered cyclic amide) rings is 1. The number of carbonyl (C=O) groups excluding carboxylic acids is 2. The molecular formula is C23H41NO3Si3. The third-order valence-electron chi connectivity index (χ3n) is 7.26. The fourth-order valence-corrected chi connectivity index (χ4v) is 21.5. The van der Waals surface area contributed by atoms with Crippen molar-refractivity contribution in [1.82, 2.24) is 4.90 Å². The minimum atomic E-state index is -1.99. The maximum absolute atomic E-state index is 13.8. The van der Waals surface area contributed by atoms with Crippen LogP contribution < -0.4 is 5.19 Å². The van der Waals surface area contributed by atoms with Crippen LogP contribution in [0.1, 0.15) is 13.8 Å². The van der Waals surface area contributed by atoms with E-state index in [0.29, 0.717) is 0 Å². The third-order valence-corrected chi connectivity index (χ3v) is 20.7. The van der Waals surface area contributed by atoms with Gasteiger partial charge in [0.05, 0.1) is 37.2 Å². The molecule has 0 unspecified atom stereocenters. The molecule has 1 fully saturated rings. The van der Waals surface area contributed by atoms with Crippen molar-refractivity contribution in [2.75, 3.05) is 7.11 Å². The lowest BCUT2D eigenvalue weighted by molar-refractivity contribution is -0.187. The summed E-state index contributed by atoms with van der Waals surface area (Å²) < 4.78 is 5.32. The molecule has 30 heavy (non-hydrogen) atoms. The molecule has 0 bridgehead atoms. The summed E-state index contributed by atoms with van der Waals surface area (Å²) in [4.78, 5) is 29.1. The van der Waals surface area contributed by atoms with E-state index in [0.717, 1.165) is 0 Å². The molecule has 1 aromatic rings. The van der Waals surface area contributed by atoms with Crippen LogP contribution in [0, 0.1) is 5.92 Å². The normalized spacial score (nSPS) is 23.9. The zero-order chi connectivity index (χ0) is 23.3. The Morgan fingerprint density at radius 3 is 1.87 bits per heavy atom. The number of benzene rings is 1. The van der Waals surface area contributed by atoms with E-state index in [1.807, 2.05) is 17.9 Å². The van der Waals surface area contributed by atoms with Gasteiger partial charge in [0.25, 0.3) is 0 Å². The van der Waals surface area contributed by atoms with Crippen LogP contribution in [0.4, 0.5) is 0 Å². The molecule has 0 aromatic heterocycles. The number of likely N-dealkylation sites (tertiary alicyclic amines) is 1. The number of hydrogen-bond donors (Lipinski definition) is 0. The van der Waals surface area contributed by atoms with Gasteiger partial charge in [-0.1, -0.05) is 94.8 Å². The standard InChI is InChI=1S/C23H41NO3Si3/c1-17(30(10,11)18-15-13-12-14-16-18)19-20(25)24(23(19,2)21(26)27-3)22(28(4,5)6)29(7,8)9/h12-17,19,22H,1-11H3/t17-,19-,23+/m0/s1. The molecule has 3 atom stereocenters. The SMILES string of the molecule is COC(=O)[C@@]1(C)[C@@H]([C@H](C)[Si](C)(C)c2ccccc2)C(=O)N1C([Si](C)(C)C)[Si](C)(C)C. The first-order chi connectivity index (χ1) is 13.5. The Kier molecular flexibility index (Phi) is 6.73. The Balaban J connectivity index is 2.58. The van der Waals surface area contributed by atoms with Crippen molar-refractivity contribution in [1.29, 1.82) is 0 Å². The van der Waals surface area contributed by atoms with Crippen molar-refractivity contribution in [3.63, 3.8) is 0 Å². The molecule has 1 heterocycles. The molecule has 1 aromatic carbocycles. The number of nitrogens with zero attached hydrogens (tertiary/aromatic N) is 1. The van der Waals surface area contributed by atoms with Crippen LogP contribution in [0.5, 0.6) is 0 Å². The van der Waals surface area contributed by atoms with Gasteiger partial charge in [0.2, 0.25) is 5.91 Å². The van der Waals surface area contributed by atoms with Crippen LogP contribution in [0.25, 0.3) is 0 Å². The van der Waals surface area contributed by atoms with Crippen LogP contribution in [-0.4, -0.2) is 58.9 Å². The third kappa shape index (κ3) is 4.00. The van der Waals surface area contributed by atoms with E-state index < -0.39 is 29.8 Å². The topological polar surface area (TPSA) is 46.6 Å². The van der Waals surface area contributed by atoms with Crippen LogP contribution in [0.3, 0.4) is 0 Å². The molecule has 0 aliphatic carbocycles. The van der Waals surface area contributed by atoms with Gasteiger partial charge >= 0.3 is 5.97 Å². The fraction of sp³-hybridized carbons (Fsp3) is 0.652. The Hall–Kier alpha value is -1.19. The Bertz CT molecular complexity index is 784. The van der Waals surface area contributed by atoms with E-state index in [-0.39, 0.29) is 28.6 Å². The highest BCUT2D eigenvalue weighted by molar-refractivity contribution is 6.96. The van der Waals surface area contributed by atoms with Gasteiger partial charge in [-0.05, 0) is 12.5 Å². The highest BCUT2D eigenvalue weighted by Crippen LogP contribution is 2.51. The van der Waals surface area contributed by atoms with Gasteiger partial charge in [0, 0.05) is 5.29 Å². The predicted molar refractivity (Wildman–Crippen MR) is 134 cm³/mol. The first-order valence-corrected chi connectivity index (χ1v) is 21.2. The number of ether oxygens (including phenoxy) is 1. The second-order valence-electron chi connectivity index (χ2n) is 11.8. The van der Waals surface area contributed by atoms with Gasteiger partial charge in [-0.15, -0.1) is 0 Å². The second-order valence-corrected chi connectivity index (χ2v) is 27.9. The summed E-state index contributed by atoms with van der Waals surface area (Å²) in [5, 5.41) is 1.51. The minimum Gasteiger partial charge on any atom is -0.467 e. The maximum atomic E-state index is 13.8. The number of hydrogen-bond acceptors (Lipinski definition) is 3. The molecule has 1 amide bonds. The van der Waals surface area contributed by atoms with Gasteiger partial charge < -0.3 is 9.64 Å². The lowest BCUT2D eigenvalue weighted by Crippen LogP contribution is -2.83. The van der Waals surface area contributed by atoms with E-state index in [4.69, 9.17) is 4.74 Å². The average Bonchev–Trinajstić information content (AvgIpc) is 2.63. The highest BCUT2D eigenvalue weighted by atomic mass is 28.4. The zero-order valence-corrected chi connectivity index (χ0v) is 23.8. The Morgan fingerprint density at radius 2 is 1.47 bits per heavy atom. The molecule has 0 radical (unpaired) electrons. The molecule has 168 valence electrons. The van der Waals surface area contributed by atoms with Gasteiger partial charge in [0.15, 0.2) is 0 Å². The van der Waals surface area contributed by atoms with E-state index >= 15 is 0 Å². The van der Waals surface area contributed by atoms with Crippen molar-refractivity contribution in [2.24, 2.45) is 5.92 Å². The highest BCUT2D eigenvalue weighted by Gasteiger charge is 2.69. The zero-order valence-electron chi connectivity index (χ0n) is 20.8. The molecule has 0 spiro atoms. The van der Waals surface area contributed by atoms with Gasteiger partial charge in [-0.3, -0.25) is 4.79 Å². The van der Waals surface area contributed by atoms with E-state index in [2.05, 4.69) is 83.6 Å². The van der Waals surface area contributed by atoms with Crippen molar-refractivity contribution < 1.29 is 14.3 Å². The quantitative estimate of drug-likeness (QED) is 0.340. The molecule has 4 nitrogen and oxygen atoms in total. The smallest absolute Gasteiger partial charge is 0.332 e. The summed E-state index contributed by atoms with van der Waals surface area (Å²) in [6.07, 6.45) is 0. The molecule has 1 aliphatic rings. The van der Waals surface area contributed by atoms with Crippen molar-refractivity contribution in [2.45, 2.75) is 82.6 Å². The molecule has 7 heteroatoms. The van der Waals surface area contributed by atoms with Crippen molar-refractivity contribution in [3.8, 4) is 0 Å². The van der Waals surface area contributed by atoms with Gasteiger partial charge in [0.1, 0.15) is 5.54 Å². The number of methoxy groups -OCH3 is 1. The molecule has 1 saturated heterocycles.